The molecule has 0 fully saturated rings. The molecule has 5 N–H and O–H groups in total. The second kappa shape index (κ2) is 4.11. The minimum Gasteiger partial charge on any atom is -0.447 e. The molecule has 0 aliphatic rings. The first-order valence-electron chi connectivity index (χ1n) is 3.85. The Morgan fingerprint density at radius 3 is 2.71 bits per heavy atom. The van der Waals surface area contributed by atoms with Gasteiger partial charge in [-0.1, -0.05) is 0 Å². The van der Waals surface area contributed by atoms with Gasteiger partial charge in [-0.2, -0.15) is 5.26 Å². The van der Waals surface area contributed by atoms with Crippen LogP contribution in [0.4, 0.5) is 5.88 Å². The maximum absolute atomic E-state index is 9.44. The minimum absolute atomic E-state index is 0.0231. The third-order valence-electron chi connectivity index (χ3n) is 1.83. The lowest BCUT2D eigenvalue weighted by molar-refractivity contribution is -0.0156. The van der Waals surface area contributed by atoms with Crippen LogP contribution < -0.4 is 5.73 Å². The molecule has 6 nitrogen and oxygen atoms in total. The van der Waals surface area contributed by atoms with Crippen LogP contribution in [-0.2, 0) is 0 Å². The van der Waals surface area contributed by atoms with Gasteiger partial charge in [0.15, 0.2) is 0 Å². The predicted octanol–water partition coefficient (Wildman–Crippen LogP) is -0.880. The molecule has 1 heterocycles. The first kappa shape index (κ1) is 10.5. The Balaban J connectivity index is 3.02. The van der Waals surface area contributed by atoms with Crippen molar-refractivity contribution >= 4 is 5.88 Å². The highest BCUT2D eigenvalue weighted by Gasteiger charge is 2.24. The molecule has 1 aromatic rings. The number of anilines is 1. The molecule has 0 aromatic carbocycles. The number of nitrogens with zero attached hydrogens (tertiary/aromatic N) is 1. The summed E-state index contributed by atoms with van der Waals surface area (Å²) in [5, 5.41) is 35.8. The fourth-order valence-electron chi connectivity index (χ4n) is 1.03. The molecule has 14 heavy (non-hydrogen) atoms. The Morgan fingerprint density at radius 2 is 2.21 bits per heavy atom. The molecular weight excluding hydrogens is 188 g/mol. The number of hydrogen-bond acceptors (Lipinski definition) is 6. The van der Waals surface area contributed by atoms with Crippen LogP contribution in [0, 0.1) is 11.3 Å². The summed E-state index contributed by atoms with van der Waals surface area (Å²) in [6, 6.07) is 1.73. The van der Waals surface area contributed by atoms with E-state index in [2.05, 4.69) is 0 Å². The molecule has 0 aliphatic heterocycles. The van der Waals surface area contributed by atoms with E-state index in [0.717, 1.165) is 6.26 Å². The standard InChI is InChI=1S/C8H10N2O4/c9-1-4-5(3-14-8(4)10)7(13)6(12)2-11/h3,6-7,11-13H,2,10H2/t6-,7+/m1/s1. The topological polar surface area (TPSA) is 124 Å². The van der Waals surface area contributed by atoms with Crippen molar-refractivity contribution in [1.82, 2.24) is 0 Å². The van der Waals surface area contributed by atoms with Crippen molar-refractivity contribution in [2.45, 2.75) is 12.2 Å². The number of hydrogen-bond donors (Lipinski definition) is 4. The monoisotopic (exact) mass is 198 g/mol. The number of furan rings is 1. The van der Waals surface area contributed by atoms with Gasteiger partial charge in [-0.15, -0.1) is 0 Å². The number of rotatable bonds is 3. The molecule has 6 heteroatoms. The van der Waals surface area contributed by atoms with Crippen LogP contribution in [0.2, 0.25) is 0 Å². The van der Waals surface area contributed by atoms with Crippen LogP contribution in [0.1, 0.15) is 17.2 Å². The summed E-state index contributed by atoms with van der Waals surface area (Å²) < 4.78 is 4.70. The molecule has 0 bridgehead atoms. The molecule has 0 saturated carbocycles. The molecule has 0 saturated heterocycles. The third-order valence-corrected chi connectivity index (χ3v) is 1.83. The van der Waals surface area contributed by atoms with Crippen LogP contribution in [0.25, 0.3) is 0 Å². The highest BCUT2D eigenvalue weighted by molar-refractivity contribution is 5.52. The summed E-state index contributed by atoms with van der Waals surface area (Å²) in [7, 11) is 0. The lowest BCUT2D eigenvalue weighted by Gasteiger charge is -2.13. The maximum Gasteiger partial charge on any atom is 0.208 e. The Labute approximate surface area is 79.8 Å². The van der Waals surface area contributed by atoms with Gasteiger partial charge in [0.05, 0.1) is 6.61 Å². The molecule has 0 unspecified atom stereocenters. The van der Waals surface area contributed by atoms with E-state index in [0.29, 0.717) is 0 Å². The van der Waals surface area contributed by atoms with Crippen molar-refractivity contribution in [2.24, 2.45) is 0 Å². The van der Waals surface area contributed by atoms with E-state index in [-0.39, 0.29) is 17.0 Å². The lowest BCUT2D eigenvalue weighted by Crippen LogP contribution is -2.22. The van der Waals surface area contributed by atoms with Gasteiger partial charge >= 0.3 is 0 Å². The SMILES string of the molecule is N#Cc1c([C@H](O)[C@H](O)CO)coc1N. The summed E-state index contributed by atoms with van der Waals surface area (Å²) in [6.45, 7) is -0.614. The van der Waals surface area contributed by atoms with Gasteiger partial charge < -0.3 is 25.5 Å². The zero-order valence-electron chi connectivity index (χ0n) is 7.21. The van der Waals surface area contributed by atoms with Crippen molar-refractivity contribution in [2.75, 3.05) is 12.3 Å². The van der Waals surface area contributed by atoms with E-state index in [9.17, 15) is 5.11 Å². The number of aliphatic hydroxyl groups excluding tert-OH is 3. The Morgan fingerprint density at radius 1 is 1.57 bits per heavy atom. The molecular formula is C8H10N2O4. The van der Waals surface area contributed by atoms with E-state index < -0.39 is 18.8 Å². The molecule has 2 atom stereocenters. The van der Waals surface area contributed by atoms with E-state index >= 15 is 0 Å². The van der Waals surface area contributed by atoms with Crippen LogP contribution in [0.3, 0.4) is 0 Å². The fourth-order valence-corrected chi connectivity index (χ4v) is 1.03. The summed E-state index contributed by atoms with van der Waals surface area (Å²) >= 11 is 0. The van der Waals surface area contributed by atoms with E-state index in [1.165, 1.54) is 0 Å². The lowest BCUT2D eigenvalue weighted by atomic mass is 10.0. The van der Waals surface area contributed by atoms with Gasteiger partial charge in [-0.05, 0) is 0 Å². The van der Waals surface area contributed by atoms with Crippen molar-refractivity contribution in [3.63, 3.8) is 0 Å². The van der Waals surface area contributed by atoms with Gasteiger partial charge in [-0.25, -0.2) is 0 Å². The average molecular weight is 198 g/mol. The molecule has 0 spiro atoms. The van der Waals surface area contributed by atoms with Gasteiger partial charge in [-0.3, -0.25) is 0 Å². The highest BCUT2D eigenvalue weighted by atomic mass is 16.4. The number of nitriles is 1. The molecule has 0 radical (unpaired) electrons. The molecule has 1 aromatic heterocycles. The van der Waals surface area contributed by atoms with E-state index in [4.69, 9.17) is 25.6 Å². The minimum atomic E-state index is -1.38. The number of aliphatic hydroxyl groups is 3. The quantitative estimate of drug-likeness (QED) is 0.500. The maximum atomic E-state index is 9.44. The van der Waals surface area contributed by atoms with Crippen molar-refractivity contribution < 1.29 is 19.7 Å². The van der Waals surface area contributed by atoms with Crippen LogP contribution in [0.5, 0.6) is 0 Å². The number of nitrogen functional groups attached to an aromatic ring is 1. The van der Waals surface area contributed by atoms with E-state index in [1.54, 1.807) is 6.07 Å². The Bertz CT molecular complexity index is 355. The van der Waals surface area contributed by atoms with Crippen LogP contribution >= 0.6 is 0 Å². The largest absolute Gasteiger partial charge is 0.447 e. The molecule has 0 aliphatic carbocycles. The van der Waals surface area contributed by atoms with Gasteiger partial charge in [0.25, 0.3) is 0 Å². The first-order valence-corrected chi connectivity index (χ1v) is 3.85. The van der Waals surface area contributed by atoms with Gasteiger partial charge in [0.1, 0.15) is 30.1 Å². The second-order valence-electron chi connectivity index (χ2n) is 2.74. The molecule has 76 valence electrons. The smallest absolute Gasteiger partial charge is 0.208 e. The second-order valence-corrected chi connectivity index (χ2v) is 2.74. The van der Waals surface area contributed by atoms with Gasteiger partial charge in [0.2, 0.25) is 5.88 Å². The molecule has 1 rings (SSSR count). The highest BCUT2D eigenvalue weighted by Crippen LogP contribution is 2.26. The van der Waals surface area contributed by atoms with Crippen molar-refractivity contribution in [3.05, 3.63) is 17.4 Å². The Hall–Kier alpha value is -1.55. The van der Waals surface area contributed by atoms with Crippen molar-refractivity contribution in [1.29, 1.82) is 5.26 Å². The summed E-state index contributed by atoms with van der Waals surface area (Å²) in [5.74, 6) is -0.119. The van der Waals surface area contributed by atoms with E-state index in [1.807, 2.05) is 0 Å². The van der Waals surface area contributed by atoms with Gasteiger partial charge in [0, 0.05) is 5.56 Å². The zero-order valence-corrected chi connectivity index (χ0v) is 7.21. The third kappa shape index (κ3) is 1.70. The average Bonchev–Trinajstić information content (AvgIpc) is 2.57. The molecule has 0 amide bonds. The fraction of sp³-hybridized carbons (Fsp3) is 0.375. The summed E-state index contributed by atoms with van der Waals surface area (Å²) in [6.07, 6.45) is -1.66. The number of nitrogens with two attached hydrogens (primary N) is 1. The van der Waals surface area contributed by atoms with Crippen molar-refractivity contribution in [3.8, 4) is 6.07 Å². The summed E-state index contributed by atoms with van der Waals surface area (Å²) in [4.78, 5) is 0. The predicted molar refractivity (Wildman–Crippen MR) is 45.9 cm³/mol. The van der Waals surface area contributed by atoms with Crippen LogP contribution in [0.15, 0.2) is 10.7 Å². The van der Waals surface area contributed by atoms with Crippen LogP contribution in [-0.4, -0.2) is 28.0 Å². The Kier molecular flexibility index (Phi) is 3.09. The zero-order chi connectivity index (χ0) is 10.7. The normalized spacial score (nSPS) is 14.7. The summed E-state index contributed by atoms with van der Waals surface area (Å²) in [5.41, 5.74) is 5.34. The first-order chi connectivity index (χ1) is 6.61.